The number of rotatable bonds is 8. The molecule has 0 radical (unpaired) electrons. The van der Waals surface area contributed by atoms with E-state index in [4.69, 9.17) is 4.99 Å². The lowest BCUT2D eigenvalue weighted by Gasteiger charge is -2.18. The summed E-state index contributed by atoms with van der Waals surface area (Å²) in [5, 5.41) is 6.78. The number of aliphatic imine (C=N–C) groups is 1. The molecule has 0 aliphatic heterocycles. The van der Waals surface area contributed by atoms with Crippen LogP contribution in [0.25, 0.3) is 0 Å². The molecule has 0 heterocycles. The number of benzene rings is 1. The van der Waals surface area contributed by atoms with Gasteiger partial charge in [0.05, 0.1) is 6.54 Å². The van der Waals surface area contributed by atoms with Crippen molar-refractivity contribution in [2.24, 2.45) is 4.99 Å². The molecule has 1 aliphatic rings. The van der Waals surface area contributed by atoms with Crippen molar-refractivity contribution in [2.75, 3.05) is 19.6 Å². The number of hydrogen-bond donors (Lipinski definition) is 2. The molecular formula is C18H30N4. The van der Waals surface area contributed by atoms with Crippen LogP contribution in [0.2, 0.25) is 0 Å². The van der Waals surface area contributed by atoms with Crippen LogP contribution in [0.5, 0.6) is 0 Å². The molecule has 1 aliphatic carbocycles. The van der Waals surface area contributed by atoms with Crippen LogP contribution in [-0.2, 0) is 13.1 Å². The highest BCUT2D eigenvalue weighted by Gasteiger charge is 2.21. The maximum Gasteiger partial charge on any atom is 0.191 e. The number of guanidine groups is 1. The molecule has 0 spiro atoms. The van der Waals surface area contributed by atoms with E-state index in [1.165, 1.54) is 24.0 Å². The summed E-state index contributed by atoms with van der Waals surface area (Å²) in [6, 6.07) is 9.43. The van der Waals surface area contributed by atoms with Crippen molar-refractivity contribution >= 4 is 5.96 Å². The minimum atomic E-state index is 0.631. The number of nitrogens with zero attached hydrogens (tertiary/aromatic N) is 2. The van der Waals surface area contributed by atoms with Crippen molar-refractivity contribution in [1.82, 2.24) is 15.5 Å². The quantitative estimate of drug-likeness (QED) is 0.573. The normalized spacial score (nSPS) is 15.2. The summed E-state index contributed by atoms with van der Waals surface area (Å²) in [5.74, 6) is 0.944. The van der Waals surface area contributed by atoms with Crippen molar-refractivity contribution in [3.63, 3.8) is 0 Å². The van der Waals surface area contributed by atoms with Gasteiger partial charge in [-0.05, 0) is 44.0 Å². The van der Waals surface area contributed by atoms with Crippen molar-refractivity contribution in [3.05, 3.63) is 35.4 Å². The molecule has 0 saturated heterocycles. The minimum absolute atomic E-state index is 0.631. The molecule has 1 aromatic rings. The van der Waals surface area contributed by atoms with Gasteiger partial charge in [-0.2, -0.15) is 0 Å². The first kappa shape index (κ1) is 16.8. The molecule has 4 nitrogen and oxygen atoms in total. The van der Waals surface area contributed by atoms with Crippen molar-refractivity contribution in [1.29, 1.82) is 0 Å². The Hall–Kier alpha value is -1.55. The summed E-state index contributed by atoms with van der Waals surface area (Å²) in [7, 11) is 0. The van der Waals surface area contributed by atoms with E-state index in [-0.39, 0.29) is 0 Å². The average Bonchev–Trinajstić information content (AvgIpc) is 3.35. The lowest BCUT2D eigenvalue weighted by molar-refractivity contribution is 0.296. The van der Waals surface area contributed by atoms with Crippen LogP contribution in [-0.4, -0.2) is 36.5 Å². The highest BCUT2D eigenvalue weighted by Crippen LogP contribution is 2.18. The zero-order chi connectivity index (χ0) is 15.8. The molecule has 0 amide bonds. The Labute approximate surface area is 135 Å². The van der Waals surface area contributed by atoms with E-state index < -0.39 is 0 Å². The largest absolute Gasteiger partial charge is 0.357 e. The minimum Gasteiger partial charge on any atom is -0.357 e. The van der Waals surface area contributed by atoms with E-state index in [9.17, 15) is 0 Å². The van der Waals surface area contributed by atoms with Gasteiger partial charge >= 0.3 is 0 Å². The molecule has 2 rings (SSSR count). The van der Waals surface area contributed by atoms with Gasteiger partial charge in [0.25, 0.3) is 0 Å². The summed E-state index contributed by atoms with van der Waals surface area (Å²) < 4.78 is 0. The number of hydrogen-bond acceptors (Lipinski definition) is 2. The van der Waals surface area contributed by atoms with Crippen LogP contribution >= 0.6 is 0 Å². The molecule has 0 aromatic heterocycles. The molecule has 4 heteroatoms. The Bertz CT molecular complexity index is 476. The first-order valence-corrected chi connectivity index (χ1v) is 8.60. The fourth-order valence-electron chi connectivity index (χ4n) is 2.44. The zero-order valence-electron chi connectivity index (χ0n) is 14.2. The van der Waals surface area contributed by atoms with Gasteiger partial charge in [0.15, 0.2) is 5.96 Å². The maximum atomic E-state index is 4.71. The molecule has 122 valence electrons. The molecule has 22 heavy (non-hydrogen) atoms. The van der Waals surface area contributed by atoms with Gasteiger partial charge in [0.1, 0.15) is 0 Å². The van der Waals surface area contributed by atoms with Crippen molar-refractivity contribution in [3.8, 4) is 0 Å². The molecule has 2 N–H and O–H groups in total. The monoisotopic (exact) mass is 302 g/mol. The van der Waals surface area contributed by atoms with E-state index in [0.29, 0.717) is 6.04 Å². The van der Waals surface area contributed by atoms with Crippen molar-refractivity contribution < 1.29 is 0 Å². The SMILES string of the molecule is CCNC(=NCc1cccc(CN(CC)CC)c1)NC1CC1. The Morgan fingerprint density at radius 3 is 2.55 bits per heavy atom. The standard InChI is InChI=1S/C18H30N4/c1-4-19-18(21-17-10-11-17)20-13-15-8-7-9-16(12-15)14-22(5-2)6-3/h7-9,12,17H,4-6,10-11,13-14H2,1-3H3,(H2,19,20,21). The average molecular weight is 302 g/mol. The lowest BCUT2D eigenvalue weighted by Crippen LogP contribution is -2.38. The third kappa shape index (κ3) is 5.68. The van der Waals surface area contributed by atoms with Gasteiger partial charge < -0.3 is 10.6 Å². The summed E-state index contributed by atoms with van der Waals surface area (Å²) >= 11 is 0. The van der Waals surface area contributed by atoms with E-state index in [1.54, 1.807) is 0 Å². The van der Waals surface area contributed by atoms with Crippen LogP contribution in [0, 0.1) is 0 Å². The summed E-state index contributed by atoms with van der Waals surface area (Å²) in [4.78, 5) is 7.14. The second kappa shape index (κ2) is 8.79. The maximum absolute atomic E-state index is 4.71. The predicted octanol–water partition coefficient (Wildman–Crippen LogP) is 2.75. The first-order chi connectivity index (χ1) is 10.7. The lowest BCUT2D eigenvalue weighted by atomic mass is 10.1. The molecule has 0 unspecified atom stereocenters. The van der Waals surface area contributed by atoms with Crippen LogP contribution in [0.1, 0.15) is 44.7 Å². The molecule has 1 fully saturated rings. The molecule has 1 saturated carbocycles. The topological polar surface area (TPSA) is 39.7 Å². The third-order valence-corrected chi connectivity index (χ3v) is 3.97. The zero-order valence-corrected chi connectivity index (χ0v) is 14.2. The Morgan fingerprint density at radius 1 is 1.18 bits per heavy atom. The molecular weight excluding hydrogens is 272 g/mol. The van der Waals surface area contributed by atoms with E-state index in [1.807, 2.05) is 0 Å². The van der Waals surface area contributed by atoms with Gasteiger partial charge in [-0.15, -0.1) is 0 Å². The fourth-order valence-corrected chi connectivity index (χ4v) is 2.44. The van der Waals surface area contributed by atoms with Crippen LogP contribution < -0.4 is 10.6 Å². The fraction of sp³-hybridized carbons (Fsp3) is 0.611. The van der Waals surface area contributed by atoms with Crippen LogP contribution in [0.4, 0.5) is 0 Å². The summed E-state index contributed by atoms with van der Waals surface area (Å²) in [6.45, 7) is 11.4. The highest BCUT2D eigenvalue weighted by atomic mass is 15.2. The van der Waals surface area contributed by atoms with Crippen LogP contribution in [0.15, 0.2) is 29.3 Å². The molecule has 0 bridgehead atoms. The van der Waals surface area contributed by atoms with Gasteiger partial charge in [-0.3, -0.25) is 4.90 Å². The van der Waals surface area contributed by atoms with E-state index >= 15 is 0 Å². The van der Waals surface area contributed by atoms with Gasteiger partial charge in [-0.1, -0.05) is 38.1 Å². The van der Waals surface area contributed by atoms with E-state index in [2.05, 4.69) is 60.6 Å². The summed E-state index contributed by atoms with van der Waals surface area (Å²) in [5.41, 5.74) is 2.65. The second-order valence-corrected chi connectivity index (χ2v) is 5.90. The third-order valence-electron chi connectivity index (χ3n) is 3.97. The van der Waals surface area contributed by atoms with Gasteiger partial charge in [0.2, 0.25) is 0 Å². The van der Waals surface area contributed by atoms with Gasteiger partial charge in [-0.25, -0.2) is 4.99 Å². The van der Waals surface area contributed by atoms with E-state index in [0.717, 1.165) is 38.7 Å². The second-order valence-electron chi connectivity index (χ2n) is 5.90. The van der Waals surface area contributed by atoms with Crippen LogP contribution in [0.3, 0.4) is 0 Å². The Balaban J connectivity index is 1.95. The Morgan fingerprint density at radius 2 is 1.91 bits per heavy atom. The van der Waals surface area contributed by atoms with Gasteiger partial charge in [0, 0.05) is 19.1 Å². The predicted molar refractivity (Wildman–Crippen MR) is 94.0 cm³/mol. The first-order valence-electron chi connectivity index (χ1n) is 8.60. The highest BCUT2D eigenvalue weighted by molar-refractivity contribution is 5.80. The number of nitrogens with one attached hydrogen (secondary N) is 2. The smallest absolute Gasteiger partial charge is 0.191 e. The molecule has 0 atom stereocenters. The summed E-state index contributed by atoms with van der Waals surface area (Å²) in [6.07, 6.45) is 2.54. The molecule has 1 aromatic carbocycles. The van der Waals surface area contributed by atoms with Crippen molar-refractivity contribution in [2.45, 2.75) is 52.7 Å². The Kier molecular flexibility index (Phi) is 6.72.